The summed E-state index contributed by atoms with van der Waals surface area (Å²) in [6.45, 7) is 0.473. The van der Waals surface area contributed by atoms with E-state index in [1.807, 2.05) is 0 Å². The van der Waals surface area contributed by atoms with Crippen molar-refractivity contribution in [3.8, 4) is 0 Å². The maximum absolute atomic E-state index is 13.1. The lowest BCUT2D eigenvalue weighted by molar-refractivity contribution is -0.116. The van der Waals surface area contributed by atoms with E-state index in [0.29, 0.717) is 30.9 Å². The number of halogens is 2. The first kappa shape index (κ1) is 15.4. The number of aryl methyl sites for hydroxylation is 1. The van der Waals surface area contributed by atoms with E-state index in [1.54, 1.807) is 17.7 Å². The lowest BCUT2D eigenvalue weighted by Gasteiger charge is -2.04. The van der Waals surface area contributed by atoms with Crippen molar-refractivity contribution in [1.29, 1.82) is 0 Å². The van der Waals surface area contributed by atoms with E-state index < -0.39 is 0 Å². The number of nitrogens with one attached hydrogen (secondary N) is 1. The van der Waals surface area contributed by atoms with Gasteiger partial charge in [0.05, 0.1) is 11.0 Å². The van der Waals surface area contributed by atoms with Gasteiger partial charge in [0.25, 0.3) is 0 Å². The standard InChI is InChI=1S/C12H15FN4O.ClH/c1-17-10-5-4-8(13)7-9(10)15-12(17)16-11(18)3-2-6-14;/h4-5,7H,2-3,6,14H2,1H3,(H,15,16,18);1H. The van der Waals surface area contributed by atoms with E-state index in [9.17, 15) is 9.18 Å². The van der Waals surface area contributed by atoms with Gasteiger partial charge in [-0.1, -0.05) is 0 Å². The zero-order chi connectivity index (χ0) is 13.1. The molecule has 7 heteroatoms. The van der Waals surface area contributed by atoms with Crippen LogP contribution in [0.4, 0.5) is 10.3 Å². The van der Waals surface area contributed by atoms with Crippen LogP contribution in [0.3, 0.4) is 0 Å². The number of carbonyl (C=O) groups is 1. The molecule has 0 radical (unpaired) electrons. The summed E-state index contributed by atoms with van der Waals surface area (Å²) in [5.74, 6) is -0.0708. The van der Waals surface area contributed by atoms with Gasteiger partial charge in [0, 0.05) is 19.5 Å². The number of amides is 1. The van der Waals surface area contributed by atoms with E-state index in [1.165, 1.54) is 12.1 Å². The average Bonchev–Trinajstić information content (AvgIpc) is 2.63. The maximum atomic E-state index is 13.1. The van der Waals surface area contributed by atoms with Crippen LogP contribution in [-0.2, 0) is 11.8 Å². The maximum Gasteiger partial charge on any atom is 0.226 e. The van der Waals surface area contributed by atoms with Crippen molar-refractivity contribution in [3.05, 3.63) is 24.0 Å². The number of nitrogens with zero attached hydrogens (tertiary/aromatic N) is 2. The first-order valence-corrected chi connectivity index (χ1v) is 5.73. The van der Waals surface area contributed by atoms with Crippen molar-refractivity contribution in [2.45, 2.75) is 12.8 Å². The van der Waals surface area contributed by atoms with E-state index in [4.69, 9.17) is 5.73 Å². The van der Waals surface area contributed by atoms with Crippen LogP contribution in [0.2, 0.25) is 0 Å². The first-order valence-electron chi connectivity index (χ1n) is 5.73. The largest absolute Gasteiger partial charge is 0.330 e. The van der Waals surface area contributed by atoms with Gasteiger partial charge in [0.1, 0.15) is 5.82 Å². The van der Waals surface area contributed by atoms with Crippen LogP contribution >= 0.6 is 12.4 Å². The minimum absolute atomic E-state index is 0. The second-order valence-electron chi connectivity index (χ2n) is 4.07. The number of carbonyl (C=O) groups excluding carboxylic acids is 1. The van der Waals surface area contributed by atoms with E-state index >= 15 is 0 Å². The Morgan fingerprint density at radius 2 is 2.26 bits per heavy atom. The molecule has 2 rings (SSSR count). The SMILES string of the molecule is Cl.Cn1c(NC(=O)CCCN)nc2cc(F)ccc21. The highest BCUT2D eigenvalue weighted by atomic mass is 35.5. The van der Waals surface area contributed by atoms with Crippen molar-refractivity contribution in [1.82, 2.24) is 9.55 Å². The quantitative estimate of drug-likeness (QED) is 0.900. The molecule has 0 unspecified atom stereocenters. The number of imidazole rings is 1. The Bertz CT molecular complexity index is 584. The summed E-state index contributed by atoms with van der Waals surface area (Å²) in [7, 11) is 1.77. The van der Waals surface area contributed by atoms with Crippen molar-refractivity contribution in [2.24, 2.45) is 12.8 Å². The summed E-state index contributed by atoms with van der Waals surface area (Å²) >= 11 is 0. The molecule has 1 heterocycles. The lowest BCUT2D eigenvalue weighted by Crippen LogP contribution is -2.15. The van der Waals surface area contributed by atoms with Crippen LogP contribution in [0.1, 0.15) is 12.8 Å². The summed E-state index contributed by atoms with van der Waals surface area (Å²) in [5, 5.41) is 2.69. The highest BCUT2D eigenvalue weighted by Crippen LogP contribution is 2.19. The fourth-order valence-corrected chi connectivity index (χ4v) is 1.73. The van der Waals surface area contributed by atoms with E-state index in [-0.39, 0.29) is 24.1 Å². The van der Waals surface area contributed by atoms with Gasteiger partial charge in [-0.2, -0.15) is 0 Å². The third-order valence-corrected chi connectivity index (χ3v) is 2.70. The molecule has 0 aliphatic rings. The predicted octanol–water partition coefficient (Wildman–Crippen LogP) is 1.81. The molecule has 0 saturated heterocycles. The number of hydrogen-bond donors (Lipinski definition) is 2. The summed E-state index contributed by atoms with van der Waals surface area (Å²) in [4.78, 5) is 15.8. The molecule has 0 fully saturated rings. The molecule has 0 saturated carbocycles. The molecule has 2 aromatic rings. The normalized spacial score (nSPS) is 10.3. The van der Waals surface area contributed by atoms with Crippen molar-refractivity contribution < 1.29 is 9.18 Å². The monoisotopic (exact) mass is 286 g/mol. The summed E-state index contributed by atoms with van der Waals surface area (Å²) in [6.07, 6.45) is 0.985. The van der Waals surface area contributed by atoms with Crippen molar-refractivity contribution in [2.75, 3.05) is 11.9 Å². The average molecular weight is 287 g/mol. The number of rotatable bonds is 4. The molecule has 0 bridgehead atoms. The van der Waals surface area contributed by atoms with Gasteiger partial charge in [-0.3, -0.25) is 10.1 Å². The number of hydrogen-bond acceptors (Lipinski definition) is 3. The van der Waals surface area contributed by atoms with Crippen molar-refractivity contribution >= 4 is 35.3 Å². The van der Waals surface area contributed by atoms with Crippen LogP contribution in [0.15, 0.2) is 18.2 Å². The van der Waals surface area contributed by atoms with Crippen LogP contribution in [0.25, 0.3) is 11.0 Å². The summed E-state index contributed by atoms with van der Waals surface area (Å²) in [5.41, 5.74) is 6.62. The Hall–Kier alpha value is -1.66. The molecule has 1 aromatic carbocycles. The highest BCUT2D eigenvalue weighted by molar-refractivity contribution is 5.91. The van der Waals surface area contributed by atoms with Gasteiger partial charge in [-0.05, 0) is 25.1 Å². The number of aromatic nitrogens is 2. The lowest BCUT2D eigenvalue weighted by atomic mass is 10.3. The Morgan fingerprint density at radius 3 is 2.95 bits per heavy atom. The molecule has 1 aromatic heterocycles. The molecule has 19 heavy (non-hydrogen) atoms. The number of fused-ring (bicyclic) bond motifs is 1. The molecule has 5 nitrogen and oxygen atoms in total. The molecule has 0 aliphatic heterocycles. The van der Waals surface area contributed by atoms with E-state index in [2.05, 4.69) is 10.3 Å². The Balaban J connectivity index is 0.00000180. The molecule has 3 N–H and O–H groups in total. The van der Waals surface area contributed by atoms with Crippen LogP contribution in [-0.4, -0.2) is 22.0 Å². The first-order chi connectivity index (χ1) is 8.61. The Labute approximate surface area is 116 Å². The minimum atomic E-state index is -0.346. The number of nitrogens with two attached hydrogens (primary N) is 1. The minimum Gasteiger partial charge on any atom is -0.330 e. The Morgan fingerprint density at radius 1 is 1.53 bits per heavy atom. The third kappa shape index (κ3) is 3.42. The van der Waals surface area contributed by atoms with Gasteiger partial charge in [-0.25, -0.2) is 9.37 Å². The molecule has 0 atom stereocenters. The summed E-state index contributed by atoms with van der Waals surface area (Å²) < 4.78 is 14.8. The van der Waals surface area contributed by atoms with Crippen LogP contribution < -0.4 is 11.1 Å². The fourth-order valence-electron chi connectivity index (χ4n) is 1.73. The second kappa shape index (κ2) is 6.49. The Kier molecular flexibility index (Phi) is 5.26. The fraction of sp³-hybridized carbons (Fsp3) is 0.333. The van der Waals surface area contributed by atoms with Gasteiger partial charge in [0.15, 0.2) is 0 Å². The molecule has 104 valence electrons. The number of anilines is 1. The van der Waals surface area contributed by atoms with Gasteiger partial charge >= 0.3 is 0 Å². The molecule has 0 aliphatic carbocycles. The highest BCUT2D eigenvalue weighted by Gasteiger charge is 2.10. The zero-order valence-electron chi connectivity index (χ0n) is 10.5. The summed E-state index contributed by atoms with van der Waals surface area (Å²) in [6, 6.07) is 4.34. The number of benzene rings is 1. The van der Waals surface area contributed by atoms with Gasteiger partial charge < -0.3 is 10.3 Å². The molecular weight excluding hydrogens is 271 g/mol. The van der Waals surface area contributed by atoms with Gasteiger partial charge in [0.2, 0.25) is 11.9 Å². The van der Waals surface area contributed by atoms with Gasteiger partial charge in [-0.15, -0.1) is 12.4 Å². The smallest absolute Gasteiger partial charge is 0.226 e. The third-order valence-electron chi connectivity index (χ3n) is 2.70. The van der Waals surface area contributed by atoms with E-state index in [0.717, 1.165) is 5.52 Å². The molecule has 1 amide bonds. The molecule has 0 spiro atoms. The van der Waals surface area contributed by atoms with Crippen LogP contribution in [0.5, 0.6) is 0 Å². The molecular formula is C12H16ClFN4O. The van der Waals surface area contributed by atoms with Crippen molar-refractivity contribution in [3.63, 3.8) is 0 Å². The predicted molar refractivity (Wildman–Crippen MR) is 74.8 cm³/mol. The van der Waals surface area contributed by atoms with Crippen LogP contribution in [0, 0.1) is 5.82 Å². The second-order valence-corrected chi connectivity index (χ2v) is 4.07. The topological polar surface area (TPSA) is 72.9 Å². The zero-order valence-corrected chi connectivity index (χ0v) is 11.3.